The molecule has 1 atom stereocenters. The molecule has 150 valence electrons. The molecular formula is C21H23N5O3. The van der Waals surface area contributed by atoms with E-state index in [1.807, 2.05) is 13.0 Å². The first-order valence-electron chi connectivity index (χ1n) is 9.62. The molecule has 1 saturated heterocycles. The molecule has 0 radical (unpaired) electrons. The minimum Gasteiger partial charge on any atom is -0.376 e. The Morgan fingerprint density at radius 1 is 1.48 bits per heavy atom. The zero-order valence-corrected chi connectivity index (χ0v) is 16.3. The fourth-order valence-corrected chi connectivity index (χ4v) is 3.68. The number of rotatable bonds is 5. The van der Waals surface area contributed by atoms with Gasteiger partial charge in [0.15, 0.2) is 0 Å². The summed E-state index contributed by atoms with van der Waals surface area (Å²) in [6.45, 7) is 6.96. The van der Waals surface area contributed by atoms with Crippen molar-refractivity contribution in [2.45, 2.75) is 32.4 Å². The lowest BCUT2D eigenvalue weighted by molar-refractivity contribution is 0.0856. The van der Waals surface area contributed by atoms with Crippen LogP contribution < -0.4 is 16.4 Å². The van der Waals surface area contributed by atoms with Crippen LogP contribution >= 0.6 is 0 Å². The zero-order chi connectivity index (χ0) is 20.5. The maximum atomic E-state index is 13.1. The number of hydrogen-bond acceptors (Lipinski definition) is 5. The van der Waals surface area contributed by atoms with Crippen molar-refractivity contribution in [2.24, 2.45) is 0 Å². The number of amides is 1. The summed E-state index contributed by atoms with van der Waals surface area (Å²) in [5.41, 5.74) is 1.58. The van der Waals surface area contributed by atoms with Gasteiger partial charge in [0, 0.05) is 25.9 Å². The summed E-state index contributed by atoms with van der Waals surface area (Å²) < 4.78 is 8.54. The molecule has 2 N–H and O–H groups in total. The average molecular weight is 393 g/mol. The van der Waals surface area contributed by atoms with E-state index in [1.165, 1.54) is 15.0 Å². The number of allylic oxidation sites excluding steroid dienone is 1. The summed E-state index contributed by atoms with van der Waals surface area (Å²) >= 11 is 0. The van der Waals surface area contributed by atoms with Gasteiger partial charge in [-0.25, -0.2) is 4.98 Å². The molecule has 1 amide bonds. The van der Waals surface area contributed by atoms with Gasteiger partial charge in [0.25, 0.3) is 11.5 Å². The van der Waals surface area contributed by atoms with Crippen LogP contribution in [0.1, 0.15) is 28.8 Å². The number of nitrogens with zero attached hydrogens (tertiary/aromatic N) is 3. The van der Waals surface area contributed by atoms with Gasteiger partial charge in [0.2, 0.25) is 0 Å². The van der Waals surface area contributed by atoms with Crippen molar-refractivity contribution in [3.05, 3.63) is 64.0 Å². The van der Waals surface area contributed by atoms with Gasteiger partial charge in [-0.05, 0) is 37.5 Å². The molecule has 1 aliphatic rings. The summed E-state index contributed by atoms with van der Waals surface area (Å²) in [5.74, 6) is -0.404. The third-order valence-corrected chi connectivity index (χ3v) is 5.20. The molecule has 3 aromatic rings. The molecule has 4 rings (SSSR count). The number of carbonyl (C=O) groups is 1. The Balaban J connectivity index is 1.88. The largest absolute Gasteiger partial charge is 0.376 e. The van der Waals surface area contributed by atoms with Gasteiger partial charge in [-0.2, -0.15) is 0 Å². The maximum Gasteiger partial charge on any atom is 0.267 e. The van der Waals surface area contributed by atoms with Crippen LogP contribution in [0.3, 0.4) is 0 Å². The third-order valence-electron chi connectivity index (χ3n) is 5.20. The minimum atomic E-state index is -0.404. The van der Waals surface area contributed by atoms with Gasteiger partial charge in [0.1, 0.15) is 16.8 Å². The van der Waals surface area contributed by atoms with Crippen LogP contribution in [-0.2, 0) is 11.3 Å². The first kappa shape index (κ1) is 19.1. The highest BCUT2D eigenvalue weighted by atomic mass is 16.5. The molecule has 0 saturated carbocycles. The summed E-state index contributed by atoms with van der Waals surface area (Å²) in [6, 6.07) is 5.12. The normalized spacial score (nSPS) is 16.4. The van der Waals surface area contributed by atoms with E-state index in [9.17, 15) is 9.59 Å². The van der Waals surface area contributed by atoms with Gasteiger partial charge < -0.3 is 14.6 Å². The van der Waals surface area contributed by atoms with Crippen molar-refractivity contribution >= 4 is 22.6 Å². The zero-order valence-electron chi connectivity index (χ0n) is 16.3. The van der Waals surface area contributed by atoms with Crippen molar-refractivity contribution in [2.75, 3.05) is 13.2 Å². The van der Waals surface area contributed by atoms with E-state index < -0.39 is 5.91 Å². The van der Waals surface area contributed by atoms with Gasteiger partial charge in [-0.3, -0.25) is 19.4 Å². The Kier molecular flexibility index (Phi) is 5.02. The number of carbonyl (C=O) groups excluding carboxylic acids is 1. The first-order valence-corrected chi connectivity index (χ1v) is 9.62. The average Bonchev–Trinajstić information content (AvgIpc) is 3.23. The molecular weight excluding hydrogens is 370 g/mol. The number of pyridine rings is 2. The second kappa shape index (κ2) is 7.63. The molecule has 0 aromatic carbocycles. The van der Waals surface area contributed by atoms with Gasteiger partial charge >= 0.3 is 0 Å². The molecule has 0 bridgehead atoms. The second-order valence-corrected chi connectivity index (χ2v) is 7.19. The quantitative estimate of drug-likeness (QED) is 0.507. The SMILES string of the molecule is C=CCn1c(=N)c(C(=O)NC[C@@H]2CCCO2)cc2c(=O)n3cccc(C)c3nc21. The number of ether oxygens (including phenoxy) is 1. The number of nitrogens with one attached hydrogen (secondary N) is 2. The van der Waals surface area contributed by atoms with E-state index in [4.69, 9.17) is 10.1 Å². The van der Waals surface area contributed by atoms with Crippen LogP contribution in [0.15, 0.2) is 41.8 Å². The molecule has 8 nitrogen and oxygen atoms in total. The van der Waals surface area contributed by atoms with Crippen LogP contribution in [-0.4, -0.2) is 39.1 Å². The van der Waals surface area contributed by atoms with E-state index in [0.717, 1.165) is 18.4 Å². The highest BCUT2D eigenvalue weighted by Gasteiger charge is 2.20. The molecule has 4 heterocycles. The molecule has 1 aliphatic heterocycles. The van der Waals surface area contributed by atoms with Gasteiger partial charge in [-0.1, -0.05) is 12.1 Å². The summed E-state index contributed by atoms with van der Waals surface area (Å²) in [4.78, 5) is 30.6. The van der Waals surface area contributed by atoms with Crippen LogP contribution in [0.25, 0.3) is 16.7 Å². The summed E-state index contributed by atoms with van der Waals surface area (Å²) in [7, 11) is 0. The van der Waals surface area contributed by atoms with E-state index in [0.29, 0.717) is 24.4 Å². The molecule has 29 heavy (non-hydrogen) atoms. The molecule has 8 heteroatoms. The predicted octanol–water partition coefficient (Wildman–Crippen LogP) is 1.53. The van der Waals surface area contributed by atoms with Crippen LogP contribution in [0.4, 0.5) is 0 Å². The lowest BCUT2D eigenvalue weighted by Crippen LogP contribution is -2.37. The van der Waals surface area contributed by atoms with E-state index in [2.05, 4.69) is 16.9 Å². The minimum absolute atomic E-state index is 0.00639. The molecule has 1 fully saturated rings. The number of aromatic nitrogens is 3. The lowest BCUT2D eigenvalue weighted by Gasteiger charge is -2.15. The van der Waals surface area contributed by atoms with E-state index >= 15 is 0 Å². The molecule has 3 aromatic heterocycles. The smallest absolute Gasteiger partial charge is 0.267 e. The fourth-order valence-electron chi connectivity index (χ4n) is 3.68. The highest BCUT2D eigenvalue weighted by molar-refractivity contribution is 5.96. The third kappa shape index (κ3) is 3.36. The predicted molar refractivity (Wildman–Crippen MR) is 109 cm³/mol. The van der Waals surface area contributed by atoms with E-state index in [1.54, 1.807) is 18.3 Å². The van der Waals surface area contributed by atoms with E-state index in [-0.39, 0.29) is 34.6 Å². The molecule has 0 aliphatic carbocycles. The van der Waals surface area contributed by atoms with Crippen molar-refractivity contribution in [3.8, 4) is 0 Å². The van der Waals surface area contributed by atoms with Crippen LogP contribution in [0.2, 0.25) is 0 Å². The Bertz CT molecular complexity index is 1240. The van der Waals surface area contributed by atoms with Crippen molar-refractivity contribution in [1.82, 2.24) is 19.3 Å². The maximum absolute atomic E-state index is 13.1. The monoisotopic (exact) mass is 393 g/mol. The van der Waals surface area contributed by atoms with Gasteiger partial charge in [-0.15, -0.1) is 6.58 Å². The number of fused-ring (bicyclic) bond motifs is 2. The Hall–Kier alpha value is -3.26. The fraction of sp³-hybridized carbons (Fsp3) is 0.333. The standard InChI is InChI=1S/C21H23N5O3/c1-3-8-25-17(22)15(20(27)23-12-14-7-5-10-29-14)11-16-19(25)24-18-13(2)6-4-9-26(18)21(16)28/h3-4,6,9,11,14,22H,1,5,7-8,10,12H2,2H3,(H,23,27)/t14-/m0/s1. The number of hydrogen-bond donors (Lipinski definition) is 2. The lowest BCUT2D eigenvalue weighted by atomic mass is 10.1. The Labute approximate surface area is 167 Å². The number of aryl methyl sites for hydroxylation is 1. The first-order chi connectivity index (χ1) is 14.0. The summed E-state index contributed by atoms with van der Waals surface area (Å²) in [6.07, 6.45) is 5.15. The van der Waals surface area contributed by atoms with Crippen LogP contribution in [0.5, 0.6) is 0 Å². The second-order valence-electron chi connectivity index (χ2n) is 7.19. The Morgan fingerprint density at radius 2 is 2.31 bits per heavy atom. The molecule has 0 spiro atoms. The molecule has 0 unspecified atom stereocenters. The van der Waals surface area contributed by atoms with Crippen LogP contribution in [0, 0.1) is 12.3 Å². The highest BCUT2D eigenvalue weighted by Crippen LogP contribution is 2.14. The Morgan fingerprint density at radius 3 is 3.03 bits per heavy atom. The van der Waals surface area contributed by atoms with Gasteiger partial charge in [0.05, 0.1) is 17.1 Å². The topological polar surface area (TPSA) is 101 Å². The van der Waals surface area contributed by atoms with Crippen molar-refractivity contribution < 1.29 is 9.53 Å². The summed E-state index contributed by atoms with van der Waals surface area (Å²) in [5, 5.41) is 11.7. The van der Waals surface area contributed by atoms with Crippen molar-refractivity contribution in [3.63, 3.8) is 0 Å². The van der Waals surface area contributed by atoms with Crippen molar-refractivity contribution in [1.29, 1.82) is 5.41 Å².